The SMILES string of the molecule is COCOc1cc(OCCN)cc2c1C(=O)O[C@@H](C)[C@H](C)/C=C\C(OC(=O)c1ccccc1)C1OC(C)(C)O[C@H]1CC=C2. The van der Waals surface area contributed by atoms with Crippen LogP contribution in [0.2, 0.25) is 0 Å². The van der Waals surface area contributed by atoms with Crippen LogP contribution in [-0.4, -0.2) is 69.2 Å². The number of methoxy groups -OCH3 is 1. The fraction of sp³-hybridized carbons (Fsp3) is 0.455. The normalized spacial score (nSPS) is 25.9. The van der Waals surface area contributed by atoms with E-state index in [0.29, 0.717) is 29.8 Å². The summed E-state index contributed by atoms with van der Waals surface area (Å²) in [5, 5.41) is 0. The Balaban J connectivity index is 1.74. The van der Waals surface area contributed by atoms with E-state index in [1.807, 2.05) is 39.0 Å². The number of hydrogen-bond donors (Lipinski definition) is 1. The lowest BCUT2D eigenvalue weighted by molar-refractivity contribution is -0.152. The summed E-state index contributed by atoms with van der Waals surface area (Å²) in [5.41, 5.74) is 6.84. The zero-order chi connectivity index (χ0) is 31.0. The molecule has 4 rings (SSSR count). The van der Waals surface area contributed by atoms with E-state index in [1.54, 1.807) is 55.5 Å². The van der Waals surface area contributed by atoms with Gasteiger partial charge in [0.2, 0.25) is 0 Å². The number of nitrogens with two attached hydrogens (primary N) is 1. The van der Waals surface area contributed by atoms with Gasteiger partial charge in [0.1, 0.15) is 42.0 Å². The van der Waals surface area contributed by atoms with Crippen molar-refractivity contribution in [3.05, 3.63) is 77.4 Å². The van der Waals surface area contributed by atoms with E-state index in [9.17, 15) is 9.59 Å². The average Bonchev–Trinajstić information content (AvgIpc) is 3.30. The van der Waals surface area contributed by atoms with Crippen molar-refractivity contribution in [2.75, 3.05) is 27.1 Å². The second-order valence-corrected chi connectivity index (χ2v) is 10.9. The van der Waals surface area contributed by atoms with Gasteiger partial charge in [0.05, 0.1) is 11.7 Å². The molecule has 2 aromatic rings. The van der Waals surface area contributed by atoms with E-state index in [-0.39, 0.29) is 30.6 Å². The van der Waals surface area contributed by atoms with Crippen LogP contribution in [0.25, 0.3) is 6.08 Å². The van der Waals surface area contributed by atoms with Crippen LogP contribution in [0.3, 0.4) is 0 Å². The van der Waals surface area contributed by atoms with Gasteiger partial charge in [0.25, 0.3) is 0 Å². The van der Waals surface area contributed by atoms with Crippen LogP contribution >= 0.6 is 0 Å². The van der Waals surface area contributed by atoms with Gasteiger partial charge in [-0.3, -0.25) is 0 Å². The van der Waals surface area contributed by atoms with Crippen molar-refractivity contribution < 1.29 is 42.7 Å². The molecule has 0 amide bonds. The number of esters is 2. The van der Waals surface area contributed by atoms with Gasteiger partial charge in [-0.15, -0.1) is 0 Å². The number of hydrogen-bond acceptors (Lipinski definition) is 10. The lowest BCUT2D eigenvalue weighted by Crippen LogP contribution is -2.37. The lowest BCUT2D eigenvalue weighted by atomic mass is 9.98. The van der Waals surface area contributed by atoms with Crippen LogP contribution < -0.4 is 15.2 Å². The molecule has 2 N–H and O–H groups in total. The highest BCUT2D eigenvalue weighted by molar-refractivity contribution is 5.97. The highest BCUT2D eigenvalue weighted by Crippen LogP contribution is 2.36. The van der Waals surface area contributed by atoms with Gasteiger partial charge in [-0.2, -0.15) is 0 Å². The van der Waals surface area contributed by atoms with Crippen LogP contribution in [-0.2, 0) is 23.7 Å². The predicted molar refractivity (Wildman–Crippen MR) is 160 cm³/mol. The fourth-order valence-corrected chi connectivity index (χ4v) is 4.87. The summed E-state index contributed by atoms with van der Waals surface area (Å²) in [6, 6.07) is 12.1. The minimum atomic E-state index is -0.914. The van der Waals surface area contributed by atoms with Gasteiger partial charge in [-0.05, 0) is 57.0 Å². The van der Waals surface area contributed by atoms with E-state index in [4.69, 9.17) is 38.9 Å². The number of benzene rings is 2. The zero-order valence-electron chi connectivity index (χ0n) is 25.3. The maximum Gasteiger partial charge on any atom is 0.342 e. The maximum absolute atomic E-state index is 13.6. The molecule has 0 bridgehead atoms. The first-order chi connectivity index (χ1) is 20.6. The molecule has 10 nitrogen and oxygen atoms in total. The molecule has 2 unspecified atom stereocenters. The molecule has 2 aromatic carbocycles. The summed E-state index contributed by atoms with van der Waals surface area (Å²) in [4.78, 5) is 26.7. The second kappa shape index (κ2) is 14.7. The van der Waals surface area contributed by atoms with Crippen molar-refractivity contribution in [1.29, 1.82) is 0 Å². The van der Waals surface area contributed by atoms with Crippen LogP contribution in [0.4, 0.5) is 0 Å². The molecule has 1 fully saturated rings. The quantitative estimate of drug-likeness (QED) is 0.256. The molecule has 1 saturated heterocycles. The lowest BCUT2D eigenvalue weighted by Gasteiger charge is -2.25. The molecule has 0 spiro atoms. The Morgan fingerprint density at radius 2 is 1.84 bits per heavy atom. The Morgan fingerprint density at radius 3 is 2.56 bits per heavy atom. The van der Waals surface area contributed by atoms with Gasteiger partial charge < -0.3 is 38.9 Å². The highest BCUT2D eigenvalue weighted by atomic mass is 16.8. The van der Waals surface area contributed by atoms with Crippen molar-refractivity contribution >= 4 is 18.0 Å². The monoisotopic (exact) mass is 595 g/mol. The highest BCUT2D eigenvalue weighted by Gasteiger charge is 2.45. The molecule has 232 valence electrons. The van der Waals surface area contributed by atoms with Gasteiger partial charge in [-0.25, -0.2) is 9.59 Å². The van der Waals surface area contributed by atoms with Gasteiger partial charge >= 0.3 is 11.9 Å². The van der Waals surface area contributed by atoms with E-state index < -0.39 is 42.1 Å². The van der Waals surface area contributed by atoms with Crippen molar-refractivity contribution in [3.8, 4) is 11.5 Å². The summed E-state index contributed by atoms with van der Waals surface area (Å²) in [7, 11) is 1.49. The first kappa shape index (κ1) is 32.2. The standard InChI is InChI=1S/C33H41NO9/c1-21-14-15-26(41-31(35)23-10-7-6-8-11-23)30-27(42-33(3,4)43-30)13-9-12-24-18-25(38-17-16-34)19-28(39-20-37-5)29(24)32(36)40-22(21)2/h6-12,14-15,18-19,21-22,26-27,30H,13,16-17,20,34H2,1-5H3/b12-9?,15-14-/t21-,22+,26?,27+,30?/m1/s1. The number of carbonyl (C=O) groups excluding carboxylic acids is 2. The molecule has 2 heterocycles. The van der Waals surface area contributed by atoms with E-state index >= 15 is 0 Å². The Hall–Kier alpha value is -3.70. The molecular formula is C33H41NO9. The van der Waals surface area contributed by atoms with Crippen LogP contribution in [0.5, 0.6) is 11.5 Å². The first-order valence-electron chi connectivity index (χ1n) is 14.4. The topological polar surface area (TPSA) is 125 Å². The predicted octanol–water partition coefficient (Wildman–Crippen LogP) is 4.91. The summed E-state index contributed by atoms with van der Waals surface area (Å²) in [5.74, 6) is -1.46. The Labute approximate surface area is 252 Å². The number of fused-ring (bicyclic) bond motifs is 2. The third-order valence-electron chi connectivity index (χ3n) is 7.13. The Kier molecular flexibility index (Phi) is 11.0. The third-order valence-corrected chi connectivity index (χ3v) is 7.13. The molecule has 5 atom stereocenters. The number of rotatable bonds is 8. The Morgan fingerprint density at radius 1 is 1.07 bits per heavy atom. The number of cyclic esters (lactones) is 1. The fourth-order valence-electron chi connectivity index (χ4n) is 4.87. The van der Waals surface area contributed by atoms with E-state index in [2.05, 4.69) is 0 Å². The minimum absolute atomic E-state index is 0.0778. The molecule has 43 heavy (non-hydrogen) atoms. The number of ether oxygens (including phenoxy) is 7. The van der Waals surface area contributed by atoms with Gasteiger partial charge in [0.15, 0.2) is 12.6 Å². The first-order valence-corrected chi connectivity index (χ1v) is 14.4. The van der Waals surface area contributed by atoms with Crippen LogP contribution in [0, 0.1) is 5.92 Å². The average molecular weight is 596 g/mol. The molecule has 0 aromatic heterocycles. The largest absolute Gasteiger partial charge is 0.492 e. The summed E-state index contributed by atoms with van der Waals surface area (Å²) >= 11 is 0. The molecule has 0 saturated carbocycles. The van der Waals surface area contributed by atoms with Gasteiger partial charge in [-0.1, -0.05) is 43.4 Å². The zero-order valence-corrected chi connectivity index (χ0v) is 25.3. The van der Waals surface area contributed by atoms with E-state index in [1.165, 1.54) is 7.11 Å². The summed E-state index contributed by atoms with van der Waals surface area (Å²) < 4.78 is 41.1. The Bertz CT molecular complexity index is 1310. The smallest absolute Gasteiger partial charge is 0.342 e. The van der Waals surface area contributed by atoms with Crippen molar-refractivity contribution in [2.45, 2.75) is 64.3 Å². The minimum Gasteiger partial charge on any atom is -0.492 e. The second-order valence-electron chi connectivity index (χ2n) is 10.9. The van der Waals surface area contributed by atoms with Crippen LogP contribution in [0.1, 0.15) is 60.4 Å². The molecule has 10 heteroatoms. The van der Waals surface area contributed by atoms with E-state index in [0.717, 1.165) is 0 Å². The molecule has 0 radical (unpaired) electrons. The number of carbonyl (C=O) groups is 2. The molecular weight excluding hydrogens is 554 g/mol. The van der Waals surface area contributed by atoms with Crippen molar-refractivity contribution in [3.63, 3.8) is 0 Å². The summed E-state index contributed by atoms with van der Waals surface area (Å²) in [6.45, 7) is 7.88. The van der Waals surface area contributed by atoms with Crippen molar-refractivity contribution in [1.82, 2.24) is 0 Å². The van der Waals surface area contributed by atoms with Crippen LogP contribution in [0.15, 0.2) is 60.7 Å². The summed E-state index contributed by atoms with van der Waals surface area (Å²) in [6.07, 6.45) is 5.34. The van der Waals surface area contributed by atoms with Crippen molar-refractivity contribution in [2.24, 2.45) is 11.7 Å². The molecule has 2 aliphatic heterocycles. The van der Waals surface area contributed by atoms with Gasteiger partial charge in [0, 0.05) is 25.6 Å². The maximum atomic E-state index is 13.6. The molecule has 0 aliphatic carbocycles. The third kappa shape index (κ3) is 8.45. The molecule has 2 aliphatic rings.